The summed E-state index contributed by atoms with van der Waals surface area (Å²) >= 11 is 0. The van der Waals surface area contributed by atoms with E-state index in [0.29, 0.717) is 11.2 Å². The van der Waals surface area contributed by atoms with E-state index in [9.17, 15) is 19.5 Å². The number of benzene rings is 1. The summed E-state index contributed by atoms with van der Waals surface area (Å²) < 4.78 is 21.6. The molecule has 2 saturated heterocycles. The van der Waals surface area contributed by atoms with Crippen molar-refractivity contribution in [2.75, 3.05) is 24.5 Å². The van der Waals surface area contributed by atoms with Gasteiger partial charge in [-0.05, 0) is 53.2 Å². The van der Waals surface area contributed by atoms with Gasteiger partial charge in [-0.1, -0.05) is 19.9 Å². The van der Waals surface area contributed by atoms with E-state index in [2.05, 4.69) is 10.3 Å². The molecule has 0 aliphatic carbocycles. The minimum atomic E-state index is -1.57. The van der Waals surface area contributed by atoms with Crippen molar-refractivity contribution in [2.45, 2.75) is 66.1 Å². The molecule has 2 aromatic rings. The highest BCUT2D eigenvalue weighted by Gasteiger charge is 2.51. The highest BCUT2D eigenvalue weighted by Crippen LogP contribution is 2.48. The number of hydrogen-bond acceptors (Lipinski definition) is 6. The zero-order valence-electron chi connectivity index (χ0n) is 22.4. The molecule has 2 aliphatic rings. The van der Waals surface area contributed by atoms with Crippen LogP contribution in [0.4, 0.5) is 19.7 Å². The Kier molecular flexibility index (Phi) is 6.26. The van der Waals surface area contributed by atoms with Crippen molar-refractivity contribution >= 4 is 34.6 Å². The van der Waals surface area contributed by atoms with Gasteiger partial charge in [0.15, 0.2) is 0 Å². The minimum Gasteiger partial charge on any atom is -0.444 e. The van der Waals surface area contributed by atoms with Gasteiger partial charge < -0.3 is 14.7 Å². The lowest BCUT2D eigenvalue weighted by molar-refractivity contribution is -0.128. The molecule has 0 spiro atoms. The monoisotopic (exact) mass is 514 g/mol. The number of carbonyl (C=O) groups is 3. The van der Waals surface area contributed by atoms with Gasteiger partial charge in [-0.25, -0.2) is 14.0 Å². The zero-order valence-corrected chi connectivity index (χ0v) is 22.4. The molecule has 1 atom stereocenters. The number of pyridine rings is 1. The Bertz CT molecular complexity index is 1290. The van der Waals surface area contributed by atoms with E-state index in [0.717, 1.165) is 0 Å². The molecule has 2 aliphatic heterocycles. The molecule has 1 aromatic heterocycles. The first kappa shape index (κ1) is 26.8. The van der Waals surface area contributed by atoms with Crippen molar-refractivity contribution in [1.82, 2.24) is 15.2 Å². The number of ether oxygens (including phenoxy) is 1. The number of aromatic nitrogens is 1. The third kappa shape index (κ3) is 4.74. The zero-order chi connectivity index (χ0) is 27.6. The molecule has 3 heterocycles. The molecular weight excluding hydrogens is 479 g/mol. The van der Waals surface area contributed by atoms with Crippen LogP contribution in [-0.4, -0.2) is 58.3 Å². The normalized spacial score (nSPS) is 23.7. The van der Waals surface area contributed by atoms with Gasteiger partial charge in [0.25, 0.3) is 0 Å². The summed E-state index contributed by atoms with van der Waals surface area (Å²) in [6, 6.07) is 4.08. The smallest absolute Gasteiger partial charge is 0.410 e. The van der Waals surface area contributed by atoms with Gasteiger partial charge in [-0.3, -0.25) is 20.0 Å². The third-order valence-corrected chi connectivity index (χ3v) is 7.28. The predicted molar refractivity (Wildman–Crippen MR) is 136 cm³/mol. The number of piperidine rings is 1. The molecule has 4 amide bonds. The molecule has 0 bridgehead atoms. The SMILES string of the molecule is CC(C)(C)OC(=O)N1CCC(O)(c2ccc3ncc(N4CC(C)(C)C(=O)NC4=O)cc3c2F)C(C)(C)C1. The fourth-order valence-corrected chi connectivity index (χ4v) is 5.01. The second-order valence-corrected chi connectivity index (χ2v) is 12.3. The Morgan fingerprint density at radius 1 is 1.16 bits per heavy atom. The van der Waals surface area contributed by atoms with Crippen molar-refractivity contribution in [2.24, 2.45) is 10.8 Å². The molecule has 2 fully saturated rings. The first-order valence-electron chi connectivity index (χ1n) is 12.4. The number of nitrogens with one attached hydrogen (secondary N) is 1. The van der Waals surface area contributed by atoms with E-state index in [1.165, 1.54) is 28.1 Å². The minimum absolute atomic E-state index is 0.103. The largest absolute Gasteiger partial charge is 0.444 e. The van der Waals surface area contributed by atoms with Gasteiger partial charge in [0, 0.05) is 36.0 Å². The summed E-state index contributed by atoms with van der Waals surface area (Å²) in [5.41, 5.74) is -3.15. The highest BCUT2D eigenvalue weighted by molar-refractivity contribution is 6.08. The summed E-state index contributed by atoms with van der Waals surface area (Å²) in [5, 5.41) is 14.3. The van der Waals surface area contributed by atoms with Crippen LogP contribution in [0.2, 0.25) is 0 Å². The number of carbonyl (C=O) groups excluding carboxylic acids is 3. The average Bonchev–Trinajstić information content (AvgIpc) is 2.77. The fourth-order valence-electron chi connectivity index (χ4n) is 5.01. The van der Waals surface area contributed by atoms with Crippen LogP contribution in [0.25, 0.3) is 10.9 Å². The van der Waals surface area contributed by atoms with Crippen LogP contribution in [0.1, 0.15) is 60.5 Å². The van der Waals surface area contributed by atoms with E-state index in [-0.39, 0.29) is 42.9 Å². The van der Waals surface area contributed by atoms with Crippen molar-refractivity contribution in [1.29, 1.82) is 0 Å². The number of urea groups is 1. The molecule has 1 aromatic carbocycles. The Morgan fingerprint density at radius 3 is 2.46 bits per heavy atom. The molecule has 4 rings (SSSR count). The van der Waals surface area contributed by atoms with Gasteiger partial charge in [0.05, 0.1) is 22.8 Å². The van der Waals surface area contributed by atoms with E-state index >= 15 is 4.39 Å². The van der Waals surface area contributed by atoms with Crippen molar-refractivity contribution in [3.8, 4) is 0 Å². The van der Waals surface area contributed by atoms with Crippen LogP contribution in [0.3, 0.4) is 0 Å². The second-order valence-electron chi connectivity index (χ2n) is 12.3. The summed E-state index contributed by atoms with van der Waals surface area (Å²) in [6.07, 6.45) is 1.10. The fraction of sp³-hybridized carbons (Fsp3) is 0.556. The summed E-state index contributed by atoms with van der Waals surface area (Å²) in [5.74, 6) is -1.01. The van der Waals surface area contributed by atoms with E-state index in [4.69, 9.17) is 4.74 Å². The number of rotatable bonds is 2. The van der Waals surface area contributed by atoms with Gasteiger partial charge in [-0.15, -0.1) is 0 Å². The van der Waals surface area contributed by atoms with Crippen molar-refractivity contribution in [3.05, 3.63) is 35.8 Å². The number of imide groups is 1. The van der Waals surface area contributed by atoms with Gasteiger partial charge in [-0.2, -0.15) is 0 Å². The first-order valence-corrected chi connectivity index (χ1v) is 12.4. The maximum absolute atomic E-state index is 16.1. The van der Waals surface area contributed by atoms with Crippen LogP contribution in [0, 0.1) is 16.6 Å². The Hall–Kier alpha value is -3.27. The molecule has 200 valence electrons. The topological polar surface area (TPSA) is 112 Å². The Balaban J connectivity index is 1.69. The number of amides is 4. The van der Waals surface area contributed by atoms with Gasteiger partial charge in [0.2, 0.25) is 5.91 Å². The summed E-state index contributed by atoms with van der Waals surface area (Å²) in [6.45, 7) is 12.9. The number of fused-ring (bicyclic) bond motifs is 1. The molecule has 0 saturated carbocycles. The van der Waals surface area contributed by atoms with Crippen molar-refractivity contribution in [3.63, 3.8) is 0 Å². The maximum Gasteiger partial charge on any atom is 0.410 e. The lowest BCUT2D eigenvalue weighted by atomic mass is 9.66. The van der Waals surface area contributed by atoms with E-state index < -0.39 is 40.0 Å². The quantitative estimate of drug-likeness (QED) is 0.618. The number of aliphatic hydroxyl groups is 1. The van der Waals surface area contributed by atoms with Gasteiger partial charge in [0.1, 0.15) is 17.0 Å². The Labute approximate surface area is 216 Å². The first-order chi connectivity index (χ1) is 16.9. The van der Waals surface area contributed by atoms with Crippen LogP contribution in [0.5, 0.6) is 0 Å². The standard InChI is InChI=1S/C27H35FN4O5/c1-24(2,3)37-23(35)31-11-10-27(36,26(6,7)15-31)18-8-9-19-17(20(18)28)12-16(13-29-19)32-14-25(4,5)21(33)30-22(32)34/h8-9,12-13,36H,10-11,14-15H2,1-7H3,(H,30,33,34). The van der Waals surface area contributed by atoms with E-state index in [1.54, 1.807) is 54.5 Å². The summed E-state index contributed by atoms with van der Waals surface area (Å²) in [4.78, 5) is 44.5. The molecule has 1 unspecified atom stereocenters. The predicted octanol–water partition coefficient (Wildman–Crippen LogP) is 4.31. The maximum atomic E-state index is 16.1. The summed E-state index contributed by atoms with van der Waals surface area (Å²) in [7, 11) is 0. The molecule has 9 nitrogen and oxygen atoms in total. The highest BCUT2D eigenvalue weighted by atomic mass is 19.1. The molecule has 0 radical (unpaired) electrons. The number of anilines is 1. The van der Waals surface area contributed by atoms with Gasteiger partial charge >= 0.3 is 12.1 Å². The number of halogens is 1. The van der Waals surface area contributed by atoms with Crippen LogP contribution in [-0.2, 0) is 15.1 Å². The molecule has 2 N–H and O–H groups in total. The van der Waals surface area contributed by atoms with Crippen LogP contribution in [0.15, 0.2) is 24.4 Å². The molecule has 37 heavy (non-hydrogen) atoms. The second kappa shape index (κ2) is 8.65. The lowest BCUT2D eigenvalue weighted by Crippen LogP contribution is -2.58. The van der Waals surface area contributed by atoms with E-state index in [1.807, 2.05) is 0 Å². The Morgan fingerprint density at radius 2 is 1.84 bits per heavy atom. The third-order valence-electron chi connectivity index (χ3n) is 7.28. The van der Waals surface area contributed by atoms with Crippen molar-refractivity contribution < 1.29 is 28.6 Å². The number of hydrogen-bond donors (Lipinski definition) is 2. The number of likely N-dealkylation sites (tertiary alicyclic amines) is 1. The lowest BCUT2D eigenvalue weighted by Gasteiger charge is -2.50. The molecule has 10 heteroatoms. The van der Waals surface area contributed by atoms with Crippen LogP contribution < -0.4 is 10.2 Å². The number of nitrogens with zero attached hydrogens (tertiary/aromatic N) is 3. The average molecular weight is 515 g/mol. The molecular formula is C27H35FN4O5. The van der Waals surface area contributed by atoms with Crippen LogP contribution >= 0.6 is 0 Å².